The van der Waals surface area contributed by atoms with E-state index in [1.807, 2.05) is 19.1 Å². The Hall–Kier alpha value is -0.900. The molecule has 0 aliphatic rings. The maximum Gasteiger partial charge on any atom is 0.0914 e. The number of benzene rings is 1. The molecule has 1 aromatic carbocycles. The summed E-state index contributed by atoms with van der Waals surface area (Å²) in [5, 5.41) is 13.4. The van der Waals surface area contributed by atoms with E-state index in [0.717, 1.165) is 38.2 Å². The summed E-state index contributed by atoms with van der Waals surface area (Å²) in [4.78, 5) is 0. The highest BCUT2D eigenvalue weighted by Crippen LogP contribution is 2.15. The molecular weight excluding hydrogens is 250 g/mol. The van der Waals surface area contributed by atoms with E-state index in [-0.39, 0.29) is 0 Å². The molecule has 0 bridgehead atoms. The van der Waals surface area contributed by atoms with Gasteiger partial charge in [-0.3, -0.25) is 0 Å². The van der Waals surface area contributed by atoms with Crippen molar-refractivity contribution in [2.24, 2.45) is 5.92 Å². The SMILES string of the molecule is CCOCCCNCC(O)c1ccc(CC(C)C)cc1. The molecule has 0 spiro atoms. The van der Waals surface area contributed by atoms with Crippen molar-refractivity contribution >= 4 is 0 Å². The molecule has 1 unspecified atom stereocenters. The molecule has 0 amide bonds. The number of hydrogen-bond acceptors (Lipinski definition) is 3. The molecule has 0 fully saturated rings. The number of rotatable bonds is 10. The molecule has 0 saturated heterocycles. The lowest BCUT2D eigenvalue weighted by atomic mass is 10.0. The third-order valence-corrected chi connectivity index (χ3v) is 3.19. The Morgan fingerprint density at radius 3 is 2.50 bits per heavy atom. The molecule has 1 rings (SSSR count). The Morgan fingerprint density at radius 2 is 1.90 bits per heavy atom. The summed E-state index contributed by atoms with van der Waals surface area (Å²) in [7, 11) is 0. The van der Waals surface area contributed by atoms with Gasteiger partial charge in [0, 0.05) is 19.8 Å². The van der Waals surface area contributed by atoms with E-state index >= 15 is 0 Å². The molecule has 0 saturated carbocycles. The molecule has 20 heavy (non-hydrogen) atoms. The van der Waals surface area contributed by atoms with Crippen LogP contribution < -0.4 is 5.32 Å². The molecule has 0 radical (unpaired) electrons. The number of ether oxygens (including phenoxy) is 1. The van der Waals surface area contributed by atoms with Crippen LogP contribution in [0.25, 0.3) is 0 Å². The summed E-state index contributed by atoms with van der Waals surface area (Å²) in [6.45, 7) is 9.46. The first-order valence-corrected chi connectivity index (χ1v) is 7.68. The fourth-order valence-corrected chi connectivity index (χ4v) is 2.15. The molecule has 0 aliphatic carbocycles. The van der Waals surface area contributed by atoms with Gasteiger partial charge in [0.05, 0.1) is 6.10 Å². The van der Waals surface area contributed by atoms with Crippen LogP contribution in [0.2, 0.25) is 0 Å². The predicted molar refractivity (Wildman–Crippen MR) is 83.9 cm³/mol. The van der Waals surface area contributed by atoms with Crippen molar-refractivity contribution in [2.45, 2.75) is 39.7 Å². The number of aliphatic hydroxyl groups is 1. The average Bonchev–Trinajstić information content (AvgIpc) is 2.42. The highest BCUT2D eigenvalue weighted by Gasteiger charge is 2.07. The summed E-state index contributed by atoms with van der Waals surface area (Å²) in [6.07, 6.45) is 1.63. The van der Waals surface area contributed by atoms with Gasteiger partial charge in [-0.2, -0.15) is 0 Å². The van der Waals surface area contributed by atoms with E-state index in [0.29, 0.717) is 12.5 Å². The maximum atomic E-state index is 10.1. The van der Waals surface area contributed by atoms with Crippen LogP contribution in [0.5, 0.6) is 0 Å². The molecule has 0 heterocycles. The summed E-state index contributed by atoms with van der Waals surface area (Å²) >= 11 is 0. The van der Waals surface area contributed by atoms with Crippen LogP contribution >= 0.6 is 0 Å². The molecule has 0 aliphatic heterocycles. The van der Waals surface area contributed by atoms with Gasteiger partial charge >= 0.3 is 0 Å². The summed E-state index contributed by atoms with van der Waals surface area (Å²) < 4.78 is 5.27. The zero-order valence-corrected chi connectivity index (χ0v) is 13.1. The van der Waals surface area contributed by atoms with Crippen LogP contribution in [0, 0.1) is 5.92 Å². The van der Waals surface area contributed by atoms with Crippen molar-refractivity contribution in [3.63, 3.8) is 0 Å². The van der Waals surface area contributed by atoms with Crippen LogP contribution in [-0.4, -0.2) is 31.4 Å². The van der Waals surface area contributed by atoms with Gasteiger partial charge in [0.2, 0.25) is 0 Å². The third kappa shape index (κ3) is 7.04. The minimum Gasteiger partial charge on any atom is -0.387 e. The summed E-state index contributed by atoms with van der Waals surface area (Å²) in [5.74, 6) is 0.665. The zero-order valence-electron chi connectivity index (χ0n) is 13.1. The van der Waals surface area contributed by atoms with Crippen LogP contribution in [0.1, 0.15) is 44.4 Å². The largest absolute Gasteiger partial charge is 0.387 e. The predicted octanol–water partition coefficient (Wildman–Crippen LogP) is 2.93. The summed E-state index contributed by atoms with van der Waals surface area (Å²) in [5.41, 5.74) is 2.32. The van der Waals surface area contributed by atoms with E-state index in [4.69, 9.17) is 4.74 Å². The fourth-order valence-electron chi connectivity index (χ4n) is 2.15. The first-order valence-electron chi connectivity index (χ1n) is 7.68. The average molecular weight is 279 g/mol. The molecular formula is C17H29NO2. The molecule has 0 aromatic heterocycles. The minimum absolute atomic E-state index is 0.435. The Morgan fingerprint density at radius 1 is 1.20 bits per heavy atom. The molecule has 114 valence electrons. The van der Waals surface area contributed by atoms with Gasteiger partial charge in [0.1, 0.15) is 0 Å². The van der Waals surface area contributed by atoms with Crippen LogP contribution in [0.15, 0.2) is 24.3 Å². The van der Waals surface area contributed by atoms with Crippen molar-refractivity contribution in [1.29, 1.82) is 0 Å². The van der Waals surface area contributed by atoms with Gasteiger partial charge in [0.25, 0.3) is 0 Å². The molecule has 3 heteroatoms. The normalized spacial score (nSPS) is 12.8. The highest BCUT2D eigenvalue weighted by molar-refractivity contribution is 5.24. The smallest absolute Gasteiger partial charge is 0.0914 e. The van der Waals surface area contributed by atoms with Crippen molar-refractivity contribution in [3.8, 4) is 0 Å². The number of nitrogens with one attached hydrogen (secondary N) is 1. The highest BCUT2D eigenvalue weighted by atomic mass is 16.5. The van der Waals surface area contributed by atoms with Gasteiger partial charge in [-0.05, 0) is 43.4 Å². The van der Waals surface area contributed by atoms with Crippen molar-refractivity contribution in [1.82, 2.24) is 5.32 Å². The Kier molecular flexibility index (Phi) is 8.51. The van der Waals surface area contributed by atoms with Crippen LogP contribution in [0.3, 0.4) is 0 Å². The monoisotopic (exact) mass is 279 g/mol. The first kappa shape index (κ1) is 17.2. The topological polar surface area (TPSA) is 41.5 Å². The molecule has 3 nitrogen and oxygen atoms in total. The van der Waals surface area contributed by atoms with E-state index in [1.165, 1.54) is 5.56 Å². The van der Waals surface area contributed by atoms with E-state index in [9.17, 15) is 5.11 Å². The van der Waals surface area contributed by atoms with Crippen molar-refractivity contribution < 1.29 is 9.84 Å². The quantitative estimate of drug-likeness (QED) is 0.647. The van der Waals surface area contributed by atoms with Gasteiger partial charge in [-0.25, -0.2) is 0 Å². The molecule has 2 N–H and O–H groups in total. The van der Waals surface area contributed by atoms with E-state index in [1.54, 1.807) is 0 Å². The summed E-state index contributed by atoms with van der Waals surface area (Å²) in [6, 6.07) is 8.30. The van der Waals surface area contributed by atoms with E-state index in [2.05, 4.69) is 31.3 Å². The lowest BCUT2D eigenvalue weighted by molar-refractivity contribution is 0.141. The van der Waals surface area contributed by atoms with Gasteiger partial charge < -0.3 is 15.2 Å². The van der Waals surface area contributed by atoms with Crippen molar-refractivity contribution in [3.05, 3.63) is 35.4 Å². The van der Waals surface area contributed by atoms with Crippen molar-refractivity contribution in [2.75, 3.05) is 26.3 Å². The number of hydrogen-bond donors (Lipinski definition) is 2. The third-order valence-electron chi connectivity index (χ3n) is 3.19. The fraction of sp³-hybridized carbons (Fsp3) is 0.647. The molecule has 1 atom stereocenters. The van der Waals surface area contributed by atoms with Gasteiger partial charge in [-0.1, -0.05) is 38.1 Å². The Labute approximate surface area is 123 Å². The lowest BCUT2D eigenvalue weighted by Gasteiger charge is -2.13. The zero-order chi connectivity index (χ0) is 14.8. The maximum absolute atomic E-state index is 10.1. The van der Waals surface area contributed by atoms with Crippen LogP contribution in [0.4, 0.5) is 0 Å². The second kappa shape index (κ2) is 9.92. The first-order chi connectivity index (χ1) is 9.63. The number of aliphatic hydroxyl groups excluding tert-OH is 1. The Balaban J connectivity index is 2.27. The second-order valence-corrected chi connectivity index (χ2v) is 5.61. The molecule has 1 aromatic rings. The minimum atomic E-state index is -0.435. The van der Waals surface area contributed by atoms with Gasteiger partial charge in [-0.15, -0.1) is 0 Å². The second-order valence-electron chi connectivity index (χ2n) is 5.61. The lowest BCUT2D eigenvalue weighted by Crippen LogP contribution is -2.23. The van der Waals surface area contributed by atoms with Gasteiger partial charge in [0.15, 0.2) is 0 Å². The van der Waals surface area contributed by atoms with Crippen LogP contribution in [-0.2, 0) is 11.2 Å². The standard InChI is InChI=1S/C17H29NO2/c1-4-20-11-5-10-18-13-17(19)16-8-6-15(7-9-16)12-14(2)3/h6-9,14,17-19H,4-5,10-13H2,1-3H3. The van der Waals surface area contributed by atoms with E-state index < -0.39 is 6.10 Å². The Bertz CT molecular complexity index is 349.